The molecule has 0 aliphatic carbocycles. The lowest BCUT2D eigenvalue weighted by Crippen LogP contribution is -2.16. The Bertz CT molecular complexity index is 834. The van der Waals surface area contributed by atoms with Gasteiger partial charge < -0.3 is 5.32 Å². The average Bonchev–Trinajstić information content (AvgIpc) is 2.77. The molecule has 0 radical (unpaired) electrons. The van der Waals surface area contributed by atoms with Crippen LogP contribution >= 0.6 is 11.6 Å². The van der Waals surface area contributed by atoms with Gasteiger partial charge in [0.1, 0.15) is 0 Å². The van der Waals surface area contributed by atoms with E-state index in [1.165, 1.54) is 0 Å². The summed E-state index contributed by atoms with van der Waals surface area (Å²) < 4.78 is 23.1. The van der Waals surface area contributed by atoms with Gasteiger partial charge in [-0.1, -0.05) is 11.6 Å². The highest BCUT2D eigenvalue weighted by Gasteiger charge is 2.27. The summed E-state index contributed by atoms with van der Waals surface area (Å²) >= 11 is 6.17. The number of sulfone groups is 1. The number of nitrogens with one attached hydrogen (secondary N) is 1. The summed E-state index contributed by atoms with van der Waals surface area (Å²) in [6.45, 7) is 4.61. The number of anilines is 1. The van der Waals surface area contributed by atoms with Crippen molar-refractivity contribution in [2.45, 2.75) is 20.3 Å². The Morgan fingerprint density at radius 3 is 2.77 bits per heavy atom. The van der Waals surface area contributed by atoms with Gasteiger partial charge in [0.2, 0.25) is 0 Å². The second kappa shape index (κ2) is 5.70. The topological polar surface area (TPSA) is 59.1 Å². The number of hydrogen-bond donors (Lipinski definition) is 1. The molecule has 6 heteroatoms. The molecule has 0 saturated carbocycles. The van der Waals surface area contributed by atoms with Crippen LogP contribution in [0.25, 0.3) is 10.9 Å². The van der Waals surface area contributed by atoms with Crippen molar-refractivity contribution < 1.29 is 8.42 Å². The summed E-state index contributed by atoms with van der Waals surface area (Å²) in [5.41, 5.74) is 3.88. The monoisotopic (exact) mass is 338 g/mol. The maximum atomic E-state index is 11.6. The first kappa shape index (κ1) is 15.6. The quantitative estimate of drug-likeness (QED) is 0.932. The van der Waals surface area contributed by atoms with Crippen LogP contribution in [-0.4, -0.2) is 31.5 Å². The highest BCUT2D eigenvalue weighted by molar-refractivity contribution is 7.91. The average molecular weight is 339 g/mol. The molecule has 1 N–H and O–H groups in total. The molecule has 1 aliphatic rings. The molecule has 0 bridgehead atoms. The van der Waals surface area contributed by atoms with Gasteiger partial charge in [0, 0.05) is 28.3 Å². The molecule has 1 aromatic carbocycles. The second-order valence-electron chi connectivity index (χ2n) is 6.08. The lowest BCUT2D eigenvalue weighted by Gasteiger charge is -2.15. The van der Waals surface area contributed by atoms with Crippen LogP contribution < -0.4 is 5.32 Å². The maximum Gasteiger partial charge on any atom is 0.150 e. The normalized spacial score (nSPS) is 20.4. The van der Waals surface area contributed by atoms with Crippen LogP contribution in [0.15, 0.2) is 18.2 Å². The molecule has 1 aliphatic heterocycles. The zero-order valence-electron chi connectivity index (χ0n) is 12.7. The molecule has 22 heavy (non-hydrogen) atoms. The summed E-state index contributed by atoms with van der Waals surface area (Å²) in [7, 11) is -2.84. The van der Waals surface area contributed by atoms with Crippen LogP contribution in [-0.2, 0) is 9.84 Å². The number of aryl methyl sites for hydroxylation is 2. The Morgan fingerprint density at radius 1 is 1.32 bits per heavy atom. The molecule has 4 nitrogen and oxygen atoms in total. The molecule has 2 heterocycles. The van der Waals surface area contributed by atoms with E-state index in [0.717, 1.165) is 34.3 Å². The van der Waals surface area contributed by atoms with Crippen molar-refractivity contribution >= 4 is 38.0 Å². The summed E-state index contributed by atoms with van der Waals surface area (Å²) in [5, 5.41) is 5.06. The van der Waals surface area contributed by atoms with Gasteiger partial charge in [0.25, 0.3) is 0 Å². The molecule has 1 fully saturated rings. The van der Waals surface area contributed by atoms with Gasteiger partial charge >= 0.3 is 0 Å². The highest BCUT2D eigenvalue weighted by Crippen LogP contribution is 2.29. The van der Waals surface area contributed by atoms with Crippen molar-refractivity contribution in [1.29, 1.82) is 0 Å². The Labute approximate surface area is 135 Å². The van der Waals surface area contributed by atoms with Crippen LogP contribution in [0.4, 0.5) is 5.69 Å². The Hall–Kier alpha value is -1.33. The van der Waals surface area contributed by atoms with Crippen LogP contribution in [0.2, 0.25) is 5.02 Å². The summed E-state index contributed by atoms with van der Waals surface area (Å²) in [4.78, 5) is 4.59. The number of hydrogen-bond acceptors (Lipinski definition) is 4. The molecule has 3 rings (SSSR count). The van der Waals surface area contributed by atoms with Gasteiger partial charge in [0.15, 0.2) is 9.84 Å². The van der Waals surface area contributed by atoms with Crippen LogP contribution in [0, 0.1) is 19.8 Å². The van der Waals surface area contributed by atoms with E-state index in [4.69, 9.17) is 11.6 Å². The third-order valence-corrected chi connectivity index (χ3v) is 6.16. The summed E-state index contributed by atoms with van der Waals surface area (Å²) in [5.74, 6) is 0.760. The minimum Gasteiger partial charge on any atom is -0.384 e. The van der Waals surface area contributed by atoms with E-state index in [2.05, 4.69) is 10.3 Å². The molecule has 118 valence electrons. The van der Waals surface area contributed by atoms with E-state index in [-0.39, 0.29) is 11.7 Å². The van der Waals surface area contributed by atoms with Gasteiger partial charge in [-0.2, -0.15) is 0 Å². The van der Waals surface area contributed by atoms with E-state index >= 15 is 0 Å². The smallest absolute Gasteiger partial charge is 0.150 e. The predicted octanol–water partition coefficient (Wildman–Crippen LogP) is 3.35. The van der Waals surface area contributed by atoms with Gasteiger partial charge in [-0.05, 0) is 49.9 Å². The first-order valence-corrected chi connectivity index (χ1v) is 9.56. The number of benzene rings is 1. The van der Waals surface area contributed by atoms with E-state index < -0.39 is 9.84 Å². The molecule has 1 aromatic heterocycles. The fourth-order valence-corrected chi connectivity index (χ4v) is 5.15. The lowest BCUT2D eigenvalue weighted by atomic mass is 10.1. The second-order valence-corrected chi connectivity index (χ2v) is 8.75. The number of fused-ring (bicyclic) bond motifs is 1. The van der Waals surface area contributed by atoms with E-state index in [1.54, 1.807) is 0 Å². The van der Waals surface area contributed by atoms with Gasteiger partial charge in [-0.25, -0.2) is 8.42 Å². The number of halogens is 1. The van der Waals surface area contributed by atoms with Crippen LogP contribution in [0.3, 0.4) is 0 Å². The number of nitrogens with zero attached hydrogens (tertiary/aromatic N) is 1. The summed E-state index contributed by atoms with van der Waals surface area (Å²) in [6.07, 6.45) is 0.733. The molecule has 1 saturated heterocycles. The van der Waals surface area contributed by atoms with Crippen molar-refractivity contribution in [3.63, 3.8) is 0 Å². The predicted molar refractivity (Wildman–Crippen MR) is 91.5 cm³/mol. The first-order valence-electron chi connectivity index (χ1n) is 7.36. The largest absolute Gasteiger partial charge is 0.384 e. The van der Waals surface area contributed by atoms with Gasteiger partial charge in [-0.3, -0.25) is 4.98 Å². The molecule has 1 unspecified atom stereocenters. The Morgan fingerprint density at radius 2 is 2.09 bits per heavy atom. The van der Waals surface area contributed by atoms with Crippen molar-refractivity contribution in [2.24, 2.45) is 5.92 Å². The Balaban J connectivity index is 1.90. The Kier molecular flexibility index (Phi) is 4.03. The maximum absolute atomic E-state index is 11.6. The van der Waals surface area contributed by atoms with E-state index in [9.17, 15) is 8.42 Å². The number of rotatable bonds is 3. The van der Waals surface area contributed by atoms with Crippen molar-refractivity contribution in [1.82, 2.24) is 4.98 Å². The highest BCUT2D eigenvalue weighted by atomic mass is 35.5. The molecule has 1 atom stereocenters. The fourth-order valence-electron chi connectivity index (χ4n) is 3.02. The van der Waals surface area contributed by atoms with Crippen molar-refractivity contribution in [3.8, 4) is 0 Å². The standard InChI is InChI=1S/C16H19ClN2O2S/c1-10-5-13(17)7-14-15(6-11(2)19-16(10)14)18-8-12-3-4-22(20,21)9-12/h5-7,12H,3-4,8-9H2,1-2H3,(H,18,19). The third-order valence-electron chi connectivity index (χ3n) is 4.10. The van der Waals surface area contributed by atoms with Crippen molar-refractivity contribution in [3.05, 3.63) is 34.5 Å². The molecule has 0 spiro atoms. The number of pyridine rings is 1. The minimum atomic E-state index is -2.84. The zero-order valence-corrected chi connectivity index (χ0v) is 14.3. The first-order chi connectivity index (χ1) is 10.3. The number of aromatic nitrogens is 1. The van der Waals surface area contributed by atoms with E-state index in [1.807, 2.05) is 32.0 Å². The van der Waals surface area contributed by atoms with Gasteiger partial charge in [0.05, 0.1) is 17.0 Å². The van der Waals surface area contributed by atoms with Crippen LogP contribution in [0.1, 0.15) is 17.7 Å². The minimum absolute atomic E-state index is 0.175. The lowest BCUT2D eigenvalue weighted by molar-refractivity contribution is 0.596. The van der Waals surface area contributed by atoms with Crippen molar-refractivity contribution in [2.75, 3.05) is 23.4 Å². The summed E-state index contributed by atoms with van der Waals surface area (Å²) in [6, 6.07) is 5.80. The molecule has 2 aromatic rings. The fraction of sp³-hybridized carbons (Fsp3) is 0.438. The van der Waals surface area contributed by atoms with Crippen LogP contribution in [0.5, 0.6) is 0 Å². The SMILES string of the molecule is Cc1cc(NCC2CCS(=O)(=O)C2)c2cc(Cl)cc(C)c2n1. The van der Waals surface area contributed by atoms with Gasteiger partial charge in [-0.15, -0.1) is 0 Å². The molecular formula is C16H19ClN2O2S. The molecule has 0 amide bonds. The molecular weight excluding hydrogens is 320 g/mol. The van der Waals surface area contributed by atoms with E-state index in [0.29, 0.717) is 17.3 Å². The zero-order chi connectivity index (χ0) is 15.9. The third kappa shape index (κ3) is 3.20.